The minimum absolute atomic E-state index is 1.07. The van der Waals surface area contributed by atoms with E-state index in [4.69, 9.17) is 0 Å². The number of aryl methyl sites for hydroxylation is 1. The normalized spacial score (nSPS) is 17.4. The second-order valence-electron chi connectivity index (χ2n) is 5.33. The fourth-order valence-electron chi connectivity index (χ4n) is 2.52. The molecule has 0 spiro atoms. The molecule has 0 heterocycles. The molecule has 0 heteroatoms. The molecule has 0 nitrogen and oxygen atoms in total. The first-order chi connectivity index (χ1) is 9.70. The predicted molar refractivity (Wildman–Crippen MR) is 87.5 cm³/mol. The summed E-state index contributed by atoms with van der Waals surface area (Å²) in [7, 11) is 0. The zero-order chi connectivity index (χ0) is 14.4. The van der Waals surface area contributed by atoms with Gasteiger partial charge in [0.15, 0.2) is 0 Å². The van der Waals surface area contributed by atoms with E-state index in [0.717, 1.165) is 5.56 Å². The van der Waals surface area contributed by atoms with Crippen molar-refractivity contribution < 1.29 is 0 Å². The molecule has 1 aromatic carbocycles. The van der Waals surface area contributed by atoms with Crippen molar-refractivity contribution >= 4 is 0 Å². The molecule has 0 radical (unpaired) electrons. The molecule has 0 unspecified atom stereocenters. The third kappa shape index (κ3) is 3.75. The van der Waals surface area contributed by atoms with E-state index in [0.29, 0.717) is 0 Å². The van der Waals surface area contributed by atoms with E-state index in [1.54, 1.807) is 0 Å². The lowest BCUT2D eigenvalue weighted by atomic mass is 9.88. The number of allylic oxidation sites excluding steroid dienone is 6. The molecule has 0 saturated heterocycles. The Morgan fingerprint density at radius 2 is 1.80 bits per heavy atom. The lowest BCUT2D eigenvalue weighted by molar-refractivity contribution is 0.769. The van der Waals surface area contributed by atoms with Crippen molar-refractivity contribution in [2.75, 3.05) is 0 Å². The summed E-state index contributed by atoms with van der Waals surface area (Å²) >= 11 is 0. The Labute approximate surface area is 122 Å². The Kier molecular flexibility index (Phi) is 5.02. The SMILES string of the molecule is CC=C1CCCC(C)=C1/C=C/C#Cc1ccc(C)cc1. The Hall–Kier alpha value is -2.00. The Balaban J connectivity index is 2.12. The summed E-state index contributed by atoms with van der Waals surface area (Å²) in [5.74, 6) is 6.32. The van der Waals surface area contributed by atoms with Crippen LogP contribution in [0.1, 0.15) is 44.2 Å². The summed E-state index contributed by atoms with van der Waals surface area (Å²) in [6.07, 6.45) is 10.1. The van der Waals surface area contributed by atoms with Crippen molar-refractivity contribution in [2.45, 2.75) is 40.0 Å². The molecule has 0 amide bonds. The summed E-state index contributed by atoms with van der Waals surface area (Å²) in [4.78, 5) is 0. The van der Waals surface area contributed by atoms with Crippen LogP contribution in [0.25, 0.3) is 0 Å². The quantitative estimate of drug-likeness (QED) is 0.598. The van der Waals surface area contributed by atoms with E-state index in [2.05, 4.69) is 69.0 Å². The predicted octanol–water partition coefficient (Wildman–Crippen LogP) is 5.35. The highest BCUT2D eigenvalue weighted by molar-refractivity contribution is 5.47. The molecule has 0 aliphatic heterocycles. The Morgan fingerprint density at radius 1 is 1.05 bits per heavy atom. The number of benzene rings is 1. The molecule has 1 aliphatic carbocycles. The van der Waals surface area contributed by atoms with Gasteiger partial charge in [0.25, 0.3) is 0 Å². The van der Waals surface area contributed by atoms with Crippen LogP contribution < -0.4 is 0 Å². The molecule has 0 bridgehead atoms. The largest absolute Gasteiger partial charge is 0.0838 e. The molecule has 1 aromatic rings. The first kappa shape index (κ1) is 14.4. The monoisotopic (exact) mass is 262 g/mol. The first-order valence-electron chi connectivity index (χ1n) is 7.31. The van der Waals surface area contributed by atoms with Gasteiger partial charge in [-0.1, -0.05) is 41.2 Å². The summed E-state index contributed by atoms with van der Waals surface area (Å²) in [5.41, 5.74) is 6.67. The van der Waals surface area contributed by atoms with Crippen LogP contribution in [0.5, 0.6) is 0 Å². The molecule has 0 N–H and O–H groups in total. The van der Waals surface area contributed by atoms with Gasteiger partial charge in [-0.3, -0.25) is 0 Å². The van der Waals surface area contributed by atoms with E-state index < -0.39 is 0 Å². The zero-order valence-corrected chi connectivity index (χ0v) is 12.7. The van der Waals surface area contributed by atoms with Crippen LogP contribution in [0.4, 0.5) is 0 Å². The molecule has 0 aromatic heterocycles. The van der Waals surface area contributed by atoms with Crippen LogP contribution in [0.3, 0.4) is 0 Å². The summed E-state index contributed by atoms with van der Waals surface area (Å²) in [6, 6.07) is 8.33. The van der Waals surface area contributed by atoms with E-state index in [-0.39, 0.29) is 0 Å². The first-order valence-corrected chi connectivity index (χ1v) is 7.31. The van der Waals surface area contributed by atoms with Gasteiger partial charge in [0.05, 0.1) is 0 Å². The number of hydrogen-bond donors (Lipinski definition) is 0. The molecule has 0 fully saturated rings. The van der Waals surface area contributed by atoms with Crippen molar-refractivity contribution in [2.24, 2.45) is 0 Å². The van der Waals surface area contributed by atoms with Crippen molar-refractivity contribution in [3.8, 4) is 11.8 Å². The third-order valence-electron chi connectivity index (χ3n) is 3.75. The van der Waals surface area contributed by atoms with E-state index in [9.17, 15) is 0 Å². The average Bonchev–Trinajstić information content (AvgIpc) is 2.46. The maximum Gasteiger partial charge on any atom is 0.0249 e. The van der Waals surface area contributed by atoms with Crippen LogP contribution in [0, 0.1) is 18.8 Å². The van der Waals surface area contributed by atoms with Gasteiger partial charge < -0.3 is 0 Å². The third-order valence-corrected chi connectivity index (χ3v) is 3.75. The Bertz CT molecular complexity index is 610. The molecule has 2 rings (SSSR count). The van der Waals surface area contributed by atoms with Crippen molar-refractivity contribution in [3.05, 3.63) is 70.3 Å². The van der Waals surface area contributed by atoms with Crippen LogP contribution in [-0.4, -0.2) is 0 Å². The highest BCUT2D eigenvalue weighted by Crippen LogP contribution is 2.29. The number of rotatable bonds is 1. The second-order valence-corrected chi connectivity index (χ2v) is 5.33. The fourth-order valence-corrected chi connectivity index (χ4v) is 2.52. The van der Waals surface area contributed by atoms with Gasteiger partial charge in [0.2, 0.25) is 0 Å². The Morgan fingerprint density at radius 3 is 2.50 bits per heavy atom. The summed E-state index contributed by atoms with van der Waals surface area (Å²) in [6.45, 7) is 6.45. The lowest BCUT2D eigenvalue weighted by Gasteiger charge is -2.18. The van der Waals surface area contributed by atoms with E-state index in [1.807, 2.05) is 6.08 Å². The zero-order valence-electron chi connectivity index (χ0n) is 12.7. The van der Waals surface area contributed by atoms with Crippen molar-refractivity contribution in [3.63, 3.8) is 0 Å². The highest BCUT2D eigenvalue weighted by atomic mass is 14.2. The van der Waals surface area contributed by atoms with Crippen LogP contribution >= 0.6 is 0 Å². The van der Waals surface area contributed by atoms with Crippen molar-refractivity contribution in [1.82, 2.24) is 0 Å². The molecule has 102 valence electrons. The highest BCUT2D eigenvalue weighted by Gasteiger charge is 2.10. The topological polar surface area (TPSA) is 0 Å². The van der Waals surface area contributed by atoms with E-state index in [1.165, 1.54) is 41.5 Å². The maximum absolute atomic E-state index is 3.18. The molecular weight excluding hydrogens is 240 g/mol. The number of hydrogen-bond acceptors (Lipinski definition) is 0. The van der Waals surface area contributed by atoms with Gasteiger partial charge in [-0.25, -0.2) is 0 Å². The fraction of sp³-hybridized carbons (Fsp3) is 0.300. The maximum atomic E-state index is 3.18. The molecule has 0 atom stereocenters. The second kappa shape index (κ2) is 6.96. The van der Waals surface area contributed by atoms with Gasteiger partial charge in [-0.2, -0.15) is 0 Å². The standard InChI is InChI=1S/C20H22/c1-4-19-10-7-8-17(3)20(19)11-6-5-9-18-14-12-16(2)13-15-18/h4,6,11-15H,7-8,10H2,1-3H3/b11-6+,19-4?. The van der Waals surface area contributed by atoms with Gasteiger partial charge in [0, 0.05) is 5.56 Å². The van der Waals surface area contributed by atoms with E-state index >= 15 is 0 Å². The minimum Gasteiger partial charge on any atom is -0.0838 e. The average molecular weight is 262 g/mol. The molecular formula is C20H22. The molecule has 20 heavy (non-hydrogen) atoms. The van der Waals surface area contributed by atoms with Gasteiger partial charge >= 0.3 is 0 Å². The molecule has 0 saturated carbocycles. The van der Waals surface area contributed by atoms with Gasteiger partial charge in [-0.15, -0.1) is 0 Å². The van der Waals surface area contributed by atoms with Crippen LogP contribution in [0.15, 0.2) is 59.2 Å². The minimum atomic E-state index is 1.07. The lowest BCUT2D eigenvalue weighted by Crippen LogP contribution is -1.99. The van der Waals surface area contributed by atoms with Crippen molar-refractivity contribution in [1.29, 1.82) is 0 Å². The smallest absolute Gasteiger partial charge is 0.0249 e. The summed E-state index contributed by atoms with van der Waals surface area (Å²) < 4.78 is 0. The van der Waals surface area contributed by atoms with Crippen LogP contribution in [-0.2, 0) is 0 Å². The summed E-state index contributed by atoms with van der Waals surface area (Å²) in [5, 5.41) is 0. The van der Waals surface area contributed by atoms with Crippen LogP contribution in [0.2, 0.25) is 0 Å². The molecule has 1 aliphatic rings. The van der Waals surface area contributed by atoms with Gasteiger partial charge in [-0.05, 0) is 75.5 Å². The van der Waals surface area contributed by atoms with Gasteiger partial charge in [0.1, 0.15) is 0 Å².